The Hall–Kier alpha value is -1.25. The molecule has 0 bridgehead atoms. The highest BCUT2D eigenvalue weighted by Crippen LogP contribution is 2.43. The van der Waals surface area contributed by atoms with Gasteiger partial charge < -0.3 is 20.1 Å². The molecule has 0 aromatic carbocycles. The summed E-state index contributed by atoms with van der Waals surface area (Å²) in [5.74, 6) is -0.820. The standard InChI is InChI=1S/C43H84NO8P/c1-3-5-7-9-11-13-15-17-18-19-20-21-22-24-25-27-29-31-33-35-42(45)49-39-41(40-51-53(47,48)50-38-37-44)52-43(46)36-34-32-30-28-26-23-16-14-12-10-8-6-4-2/h17-18,41H,3-16,19-40,44H2,1-2H3,(H,47,48)/b18-17-/t41-/m1/s1. The molecule has 0 aromatic rings. The van der Waals surface area contributed by atoms with E-state index in [-0.39, 0.29) is 38.6 Å². The Labute approximate surface area is 326 Å². The minimum absolute atomic E-state index is 0.0561. The highest BCUT2D eigenvalue weighted by molar-refractivity contribution is 7.47. The fourth-order valence-electron chi connectivity index (χ4n) is 6.34. The number of rotatable bonds is 42. The van der Waals surface area contributed by atoms with Gasteiger partial charge in [0.2, 0.25) is 0 Å². The van der Waals surface area contributed by atoms with E-state index in [0.29, 0.717) is 6.42 Å². The number of ether oxygens (including phenoxy) is 2. The van der Waals surface area contributed by atoms with Crippen LogP contribution in [0.15, 0.2) is 12.2 Å². The Balaban J connectivity index is 4.08. The highest BCUT2D eigenvalue weighted by atomic mass is 31.2. The molecule has 0 aliphatic carbocycles. The molecule has 0 radical (unpaired) electrons. The molecule has 10 heteroatoms. The van der Waals surface area contributed by atoms with Gasteiger partial charge in [0, 0.05) is 19.4 Å². The number of hydrogen-bond donors (Lipinski definition) is 2. The maximum Gasteiger partial charge on any atom is 0.472 e. The minimum atomic E-state index is -4.37. The molecule has 0 saturated heterocycles. The van der Waals surface area contributed by atoms with Crippen LogP contribution in [0.4, 0.5) is 0 Å². The van der Waals surface area contributed by atoms with Crippen molar-refractivity contribution in [2.24, 2.45) is 5.73 Å². The van der Waals surface area contributed by atoms with Crippen LogP contribution >= 0.6 is 7.82 Å². The Morgan fingerprint density at radius 1 is 0.547 bits per heavy atom. The zero-order valence-corrected chi connectivity index (χ0v) is 35.4. The Bertz CT molecular complexity index is 886. The third kappa shape index (κ3) is 40.2. The molecular formula is C43H84NO8P. The normalized spacial score (nSPS) is 13.4. The number of carbonyl (C=O) groups excluding carboxylic acids is 2. The van der Waals surface area contributed by atoms with Gasteiger partial charge in [-0.2, -0.15) is 0 Å². The Kier molecular flexibility index (Phi) is 39.5. The molecule has 0 heterocycles. The molecule has 2 atom stereocenters. The van der Waals surface area contributed by atoms with Crippen molar-refractivity contribution in [3.63, 3.8) is 0 Å². The van der Waals surface area contributed by atoms with E-state index >= 15 is 0 Å². The molecule has 1 unspecified atom stereocenters. The zero-order valence-electron chi connectivity index (χ0n) is 34.5. The van der Waals surface area contributed by atoms with E-state index in [1.165, 1.54) is 154 Å². The lowest BCUT2D eigenvalue weighted by molar-refractivity contribution is -0.161. The fraction of sp³-hybridized carbons (Fsp3) is 0.907. The third-order valence-electron chi connectivity index (χ3n) is 9.65. The molecule has 0 aromatic heterocycles. The molecule has 0 aliphatic rings. The van der Waals surface area contributed by atoms with Crippen LogP contribution in [0.2, 0.25) is 0 Å². The van der Waals surface area contributed by atoms with E-state index in [4.69, 9.17) is 24.3 Å². The van der Waals surface area contributed by atoms with Gasteiger partial charge in [-0.25, -0.2) is 4.57 Å². The zero-order chi connectivity index (χ0) is 38.9. The van der Waals surface area contributed by atoms with E-state index in [0.717, 1.165) is 32.1 Å². The summed E-state index contributed by atoms with van der Waals surface area (Å²) in [4.78, 5) is 34.8. The van der Waals surface area contributed by atoms with E-state index in [9.17, 15) is 19.0 Å². The number of unbranched alkanes of at least 4 members (excludes halogenated alkanes) is 27. The molecule has 53 heavy (non-hydrogen) atoms. The molecule has 3 N–H and O–H groups in total. The van der Waals surface area contributed by atoms with Crippen molar-refractivity contribution in [2.45, 2.75) is 225 Å². The maximum absolute atomic E-state index is 12.6. The van der Waals surface area contributed by atoms with Crippen molar-refractivity contribution in [1.82, 2.24) is 0 Å². The van der Waals surface area contributed by atoms with E-state index in [1.807, 2.05) is 0 Å². The lowest BCUT2D eigenvalue weighted by atomic mass is 10.0. The van der Waals surface area contributed by atoms with E-state index < -0.39 is 26.5 Å². The number of hydrogen-bond acceptors (Lipinski definition) is 8. The summed E-state index contributed by atoms with van der Waals surface area (Å²) in [5, 5.41) is 0. The molecule has 0 rings (SSSR count). The number of esters is 2. The minimum Gasteiger partial charge on any atom is -0.462 e. The smallest absolute Gasteiger partial charge is 0.462 e. The summed E-state index contributed by atoms with van der Waals surface area (Å²) in [6.45, 7) is 3.75. The molecule has 0 aliphatic heterocycles. The topological polar surface area (TPSA) is 134 Å². The molecule has 0 saturated carbocycles. The molecule has 0 spiro atoms. The second-order valence-corrected chi connectivity index (χ2v) is 16.4. The van der Waals surface area contributed by atoms with Crippen molar-refractivity contribution >= 4 is 19.8 Å². The summed E-state index contributed by atoms with van der Waals surface area (Å²) in [6, 6.07) is 0. The summed E-state index contributed by atoms with van der Waals surface area (Å²) < 4.78 is 32.8. The van der Waals surface area contributed by atoms with Crippen LogP contribution in [0.3, 0.4) is 0 Å². The van der Waals surface area contributed by atoms with Gasteiger partial charge in [0.05, 0.1) is 13.2 Å². The van der Waals surface area contributed by atoms with Crippen molar-refractivity contribution < 1.29 is 37.6 Å². The van der Waals surface area contributed by atoms with Gasteiger partial charge in [-0.15, -0.1) is 0 Å². The first-order chi connectivity index (χ1) is 25.8. The summed E-state index contributed by atoms with van der Waals surface area (Å²) in [6.07, 6.45) is 40.9. The summed E-state index contributed by atoms with van der Waals surface area (Å²) in [5.41, 5.74) is 5.35. The number of nitrogens with two attached hydrogens (primary N) is 1. The highest BCUT2D eigenvalue weighted by Gasteiger charge is 2.26. The first-order valence-electron chi connectivity index (χ1n) is 22.2. The second-order valence-electron chi connectivity index (χ2n) is 14.9. The average molecular weight is 774 g/mol. The van der Waals surface area contributed by atoms with Crippen molar-refractivity contribution in [1.29, 1.82) is 0 Å². The molecular weight excluding hydrogens is 689 g/mol. The van der Waals surface area contributed by atoms with E-state index in [2.05, 4.69) is 26.0 Å². The van der Waals surface area contributed by atoms with Crippen LogP contribution in [-0.2, 0) is 32.7 Å². The van der Waals surface area contributed by atoms with Crippen molar-refractivity contribution in [3.05, 3.63) is 12.2 Å². The quantitative estimate of drug-likeness (QED) is 0.0269. The lowest BCUT2D eigenvalue weighted by Gasteiger charge is -2.19. The fourth-order valence-corrected chi connectivity index (χ4v) is 7.10. The molecule has 0 amide bonds. The van der Waals surface area contributed by atoms with Gasteiger partial charge in [-0.1, -0.05) is 180 Å². The van der Waals surface area contributed by atoms with Gasteiger partial charge >= 0.3 is 19.8 Å². The lowest BCUT2D eigenvalue weighted by Crippen LogP contribution is -2.29. The average Bonchev–Trinajstić information content (AvgIpc) is 3.14. The van der Waals surface area contributed by atoms with Crippen molar-refractivity contribution in [2.75, 3.05) is 26.4 Å². The molecule has 314 valence electrons. The number of phosphoric acid groups is 1. The first-order valence-corrected chi connectivity index (χ1v) is 23.7. The predicted octanol–water partition coefficient (Wildman–Crippen LogP) is 12.6. The van der Waals surface area contributed by atoms with Crippen LogP contribution in [0.5, 0.6) is 0 Å². The van der Waals surface area contributed by atoms with Crippen molar-refractivity contribution in [3.8, 4) is 0 Å². The Morgan fingerprint density at radius 3 is 1.34 bits per heavy atom. The number of phosphoric ester groups is 1. The van der Waals surface area contributed by atoms with Crippen LogP contribution in [0, 0.1) is 0 Å². The summed E-state index contributed by atoms with van der Waals surface area (Å²) >= 11 is 0. The van der Waals surface area contributed by atoms with Gasteiger partial charge in [0.1, 0.15) is 6.61 Å². The van der Waals surface area contributed by atoms with Crippen LogP contribution in [0.1, 0.15) is 219 Å². The Morgan fingerprint density at radius 2 is 0.925 bits per heavy atom. The number of allylic oxidation sites excluding steroid dienone is 2. The van der Waals surface area contributed by atoms with Crippen LogP contribution in [-0.4, -0.2) is 49.3 Å². The van der Waals surface area contributed by atoms with E-state index in [1.54, 1.807) is 0 Å². The van der Waals surface area contributed by atoms with Gasteiger partial charge in [-0.05, 0) is 38.5 Å². The SMILES string of the molecule is CCCCCCCC/C=C\CCCCCCCCCCCC(=O)OC[C@H](COP(=O)(O)OCCN)OC(=O)CCCCCCCCCCCCCCC. The summed E-state index contributed by atoms with van der Waals surface area (Å²) in [7, 11) is -4.37. The second kappa shape index (κ2) is 40.4. The number of carbonyl (C=O) groups is 2. The molecule has 0 fully saturated rings. The largest absolute Gasteiger partial charge is 0.472 e. The third-order valence-corrected chi connectivity index (χ3v) is 10.6. The first kappa shape index (κ1) is 51.8. The maximum atomic E-state index is 12.6. The monoisotopic (exact) mass is 774 g/mol. The van der Waals surface area contributed by atoms with Gasteiger partial charge in [-0.3, -0.25) is 18.6 Å². The van der Waals surface area contributed by atoms with Gasteiger partial charge in [0.15, 0.2) is 6.10 Å². The molecule has 9 nitrogen and oxygen atoms in total. The predicted molar refractivity (Wildman–Crippen MR) is 220 cm³/mol. The van der Waals surface area contributed by atoms with Crippen LogP contribution < -0.4 is 5.73 Å². The van der Waals surface area contributed by atoms with Gasteiger partial charge in [0.25, 0.3) is 0 Å². The van der Waals surface area contributed by atoms with Crippen LogP contribution in [0.25, 0.3) is 0 Å².